The van der Waals surface area contributed by atoms with Crippen molar-refractivity contribution in [1.82, 2.24) is 4.98 Å². The number of pyridine rings is 1. The monoisotopic (exact) mass is 216 g/mol. The van der Waals surface area contributed by atoms with E-state index in [1.807, 2.05) is 18.2 Å². The maximum absolute atomic E-state index is 8.99. The molecule has 0 bridgehead atoms. The number of aromatic nitrogens is 1. The predicted octanol–water partition coefficient (Wildman–Crippen LogP) is 1.95. The third-order valence-corrected chi connectivity index (χ3v) is 2.07. The molecule has 0 saturated heterocycles. The number of nitrogens with zero attached hydrogens (tertiary/aromatic N) is 1. The summed E-state index contributed by atoms with van der Waals surface area (Å²) in [7, 11) is 0. The average Bonchev–Trinajstić information content (AvgIpc) is 2.29. The van der Waals surface area contributed by atoms with E-state index < -0.39 is 0 Å². The first kappa shape index (κ1) is 10.4. The van der Waals surface area contributed by atoms with E-state index in [9.17, 15) is 0 Å². The van der Waals surface area contributed by atoms with Crippen LogP contribution in [0.25, 0.3) is 0 Å². The van der Waals surface area contributed by atoms with E-state index >= 15 is 0 Å². The van der Waals surface area contributed by atoms with Gasteiger partial charge in [-0.3, -0.25) is 0 Å². The predicted molar refractivity (Wildman–Crippen MR) is 61.1 cm³/mol. The van der Waals surface area contributed by atoms with Crippen LogP contribution in [-0.2, 0) is 6.61 Å². The Bertz CT molecular complexity index is 486. The molecule has 16 heavy (non-hydrogen) atoms. The molecule has 2 aromatic rings. The Hall–Kier alpha value is -2.07. The summed E-state index contributed by atoms with van der Waals surface area (Å²) in [6.07, 6.45) is 1.58. The molecule has 0 fully saturated rings. The summed E-state index contributed by atoms with van der Waals surface area (Å²) >= 11 is 0. The zero-order chi connectivity index (χ0) is 11.4. The van der Waals surface area contributed by atoms with Crippen LogP contribution >= 0.6 is 0 Å². The molecule has 4 heteroatoms. The van der Waals surface area contributed by atoms with Gasteiger partial charge < -0.3 is 15.6 Å². The van der Waals surface area contributed by atoms with Gasteiger partial charge in [-0.1, -0.05) is 12.1 Å². The number of aliphatic hydroxyl groups is 1. The molecule has 0 atom stereocenters. The molecule has 2 rings (SSSR count). The first-order chi connectivity index (χ1) is 7.78. The number of nitrogens with two attached hydrogens (primary N) is 1. The van der Waals surface area contributed by atoms with Gasteiger partial charge in [0.15, 0.2) is 0 Å². The van der Waals surface area contributed by atoms with E-state index in [1.165, 1.54) is 0 Å². The van der Waals surface area contributed by atoms with Gasteiger partial charge in [-0.05, 0) is 23.8 Å². The average molecular weight is 216 g/mol. The minimum absolute atomic E-state index is 0.00428. The number of anilines is 1. The van der Waals surface area contributed by atoms with E-state index in [-0.39, 0.29) is 6.61 Å². The van der Waals surface area contributed by atoms with Crippen LogP contribution in [-0.4, -0.2) is 10.1 Å². The van der Waals surface area contributed by atoms with Crippen molar-refractivity contribution in [3.63, 3.8) is 0 Å². The molecule has 82 valence electrons. The molecule has 1 aromatic heterocycles. The van der Waals surface area contributed by atoms with Crippen LogP contribution in [0.4, 0.5) is 5.82 Å². The number of hydrogen-bond donors (Lipinski definition) is 2. The smallest absolute Gasteiger partial charge is 0.132 e. The van der Waals surface area contributed by atoms with Crippen molar-refractivity contribution in [1.29, 1.82) is 0 Å². The van der Waals surface area contributed by atoms with Crippen LogP contribution in [0.5, 0.6) is 11.5 Å². The highest BCUT2D eigenvalue weighted by atomic mass is 16.5. The van der Waals surface area contributed by atoms with Crippen molar-refractivity contribution >= 4 is 5.82 Å². The van der Waals surface area contributed by atoms with E-state index in [1.54, 1.807) is 24.4 Å². The molecule has 0 radical (unpaired) electrons. The highest BCUT2D eigenvalue weighted by Crippen LogP contribution is 2.22. The molecule has 1 heterocycles. The summed E-state index contributed by atoms with van der Waals surface area (Å²) in [4.78, 5) is 3.87. The second kappa shape index (κ2) is 4.63. The Labute approximate surface area is 93.3 Å². The van der Waals surface area contributed by atoms with Crippen molar-refractivity contribution in [2.24, 2.45) is 0 Å². The lowest BCUT2D eigenvalue weighted by molar-refractivity contribution is 0.281. The number of benzene rings is 1. The molecule has 3 N–H and O–H groups in total. The first-order valence-electron chi connectivity index (χ1n) is 4.87. The fourth-order valence-corrected chi connectivity index (χ4v) is 1.33. The van der Waals surface area contributed by atoms with Crippen LogP contribution in [0, 0.1) is 0 Å². The van der Waals surface area contributed by atoms with Crippen LogP contribution in [0.3, 0.4) is 0 Å². The van der Waals surface area contributed by atoms with Gasteiger partial charge in [-0.25, -0.2) is 4.98 Å². The van der Waals surface area contributed by atoms with Gasteiger partial charge in [0, 0.05) is 12.3 Å². The van der Waals surface area contributed by atoms with Crippen LogP contribution in [0.1, 0.15) is 5.56 Å². The summed E-state index contributed by atoms with van der Waals surface area (Å²) in [6, 6.07) is 10.6. The number of rotatable bonds is 3. The molecule has 0 aliphatic carbocycles. The summed E-state index contributed by atoms with van der Waals surface area (Å²) in [5.74, 6) is 1.70. The summed E-state index contributed by atoms with van der Waals surface area (Å²) < 4.78 is 5.57. The van der Waals surface area contributed by atoms with Gasteiger partial charge in [-0.15, -0.1) is 0 Å². The van der Waals surface area contributed by atoms with E-state index in [4.69, 9.17) is 15.6 Å². The summed E-state index contributed by atoms with van der Waals surface area (Å²) in [5, 5.41) is 8.99. The third kappa shape index (κ3) is 2.49. The highest BCUT2D eigenvalue weighted by molar-refractivity contribution is 5.39. The minimum atomic E-state index is -0.00428. The van der Waals surface area contributed by atoms with E-state index in [0.717, 1.165) is 5.56 Å². The lowest BCUT2D eigenvalue weighted by Crippen LogP contribution is -1.91. The van der Waals surface area contributed by atoms with Gasteiger partial charge in [0.1, 0.15) is 17.3 Å². The van der Waals surface area contributed by atoms with Crippen LogP contribution < -0.4 is 10.5 Å². The number of nitrogen functional groups attached to an aromatic ring is 1. The van der Waals surface area contributed by atoms with Crippen molar-refractivity contribution < 1.29 is 9.84 Å². The Morgan fingerprint density at radius 1 is 1.19 bits per heavy atom. The summed E-state index contributed by atoms with van der Waals surface area (Å²) in [6.45, 7) is -0.00428. The maximum atomic E-state index is 8.99. The molecule has 4 nitrogen and oxygen atoms in total. The maximum Gasteiger partial charge on any atom is 0.132 e. The van der Waals surface area contributed by atoms with E-state index in [2.05, 4.69) is 4.98 Å². The lowest BCUT2D eigenvalue weighted by atomic mass is 10.2. The summed E-state index contributed by atoms with van der Waals surface area (Å²) in [5.41, 5.74) is 6.34. The van der Waals surface area contributed by atoms with Crippen molar-refractivity contribution in [2.75, 3.05) is 5.73 Å². The molecule has 0 aliphatic heterocycles. The van der Waals surface area contributed by atoms with E-state index in [0.29, 0.717) is 17.3 Å². The zero-order valence-electron chi connectivity index (χ0n) is 8.63. The molecule has 0 saturated carbocycles. The van der Waals surface area contributed by atoms with Gasteiger partial charge in [0.25, 0.3) is 0 Å². The quantitative estimate of drug-likeness (QED) is 0.822. The Morgan fingerprint density at radius 2 is 2.00 bits per heavy atom. The fourth-order valence-electron chi connectivity index (χ4n) is 1.33. The first-order valence-corrected chi connectivity index (χ1v) is 4.87. The van der Waals surface area contributed by atoms with Crippen molar-refractivity contribution in [2.45, 2.75) is 6.61 Å². The number of hydrogen-bond acceptors (Lipinski definition) is 4. The standard InChI is InChI=1S/C12H12N2O2/c13-12-7-11(4-5-14-12)16-10-3-1-2-9(6-10)8-15/h1-7,15H,8H2,(H2,13,14). The van der Waals surface area contributed by atoms with Crippen molar-refractivity contribution in [3.05, 3.63) is 48.2 Å². The lowest BCUT2D eigenvalue weighted by Gasteiger charge is -2.06. The topological polar surface area (TPSA) is 68.4 Å². The van der Waals surface area contributed by atoms with Crippen molar-refractivity contribution in [3.8, 4) is 11.5 Å². The molecule has 0 amide bonds. The third-order valence-electron chi connectivity index (χ3n) is 2.07. The van der Waals surface area contributed by atoms with Crippen LogP contribution in [0.15, 0.2) is 42.6 Å². The van der Waals surface area contributed by atoms with Gasteiger partial charge in [0.05, 0.1) is 6.61 Å². The zero-order valence-corrected chi connectivity index (χ0v) is 8.63. The normalized spacial score (nSPS) is 10.1. The highest BCUT2D eigenvalue weighted by Gasteiger charge is 1.99. The van der Waals surface area contributed by atoms with Gasteiger partial charge in [-0.2, -0.15) is 0 Å². The molecule has 0 unspecified atom stereocenters. The largest absolute Gasteiger partial charge is 0.457 e. The number of ether oxygens (including phenoxy) is 1. The molecule has 0 aliphatic rings. The molecule has 0 spiro atoms. The Kier molecular flexibility index (Phi) is 3.03. The number of aliphatic hydroxyl groups excluding tert-OH is 1. The second-order valence-electron chi connectivity index (χ2n) is 3.32. The SMILES string of the molecule is Nc1cc(Oc2cccc(CO)c2)ccn1. The van der Waals surface area contributed by atoms with Gasteiger partial charge in [0.2, 0.25) is 0 Å². The Morgan fingerprint density at radius 3 is 2.75 bits per heavy atom. The molecule has 1 aromatic carbocycles. The molecular formula is C12H12N2O2. The second-order valence-corrected chi connectivity index (χ2v) is 3.32. The van der Waals surface area contributed by atoms with Gasteiger partial charge >= 0.3 is 0 Å². The van der Waals surface area contributed by atoms with Crippen LogP contribution in [0.2, 0.25) is 0 Å². The Balaban J connectivity index is 2.20. The minimum Gasteiger partial charge on any atom is -0.457 e. The fraction of sp³-hybridized carbons (Fsp3) is 0.0833. The molecular weight excluding hydrogens is 204 g/mol.